The Labute approximate surface area is 116 Å². The van der Waals surface area contributed by atoms with Gasteiger partial charge in [-0.05, 0) is 17.7 Å². The average Bonchev–Trinajstić information content (AvgIpc) is 2.23. The maximum Gasteiger partial charge on any atom is 0.415 e. The molecule has 0 aliphatic carbocycles. The van der Waals surface area contributed by atoms with E-state index < -0.39 is 41.4 Å². The minimum atomic E-state index is -6.92. The fourth-order valence-electron chi connectivity index (χ4n) is 1.87. The van der Waals surface area contributed by atoms with Gasteiger partial charge in [-0.25, -0.2) is 4.39 Å². The highest BCUT2D eigenvalue weighted by atomic mass is 19.4. The Bertz CT molecular complexity index is 491. The van der Waals surface area contributed by atoms with Crippen LogP contribution in [0.5, 0.6) is 0 Å². The molecule has 11 heteroatoms. The molecule has 1 aromatic carbocycles. The smallest absolute Gasteiger partial charge is 0.387 e. The lowest BCUT2D eigenvalue weighted by Crippen LogP contribution is -2.62. The second kappa shape index (κ2) is 5.28. The van der Waals surface area contributed by atoms with Crippen molar-refractivity contribution in [3.63, 3.8) is 0 Å². The second-order valence-electron chi connectivity index (χ2n) is 4.26. The van der Waals surface area contributed by atoms with Crippen LogP contribution in [0.1, 0.15) is 11.7 Å². The lowest BCUT2D eigenvalue weighted by molar-refractivity contribution is -0.449. The predicted molar refractivity (Wildman–Crippen MR) is 52.0 cm³/mol. The van der Waals surface area contributed by atoms with Crippen molar-refractivity contribution in [1.82, 2.24) is 0 Å². The highest BCUT2D eigenvalue weighted by molar-refractivity contribution is 5.24. The first-order valence-electron chi connectivity index (χ1n) is 5.30. The van der Waals surface area contributed by atoms with Crippen LogP contribution in [0.2, 0.25) is 0 Å². The summed E-state index contributed by atoms with van der Waals surface area (Å²) in [5.41, 5.74) is -7.95. The van der Waals surface area contributed by atoms with E-state index in [1.165, 1.54) is 0 Å². The van der Waals surface area contributed by atoms with Crippen LogP contribution in [0, 0.1) is 11.2 Å². The lowest BCUT2D eigenvalue weighted by atomic mass is 9.76. The van der Waals surface area contributed by atoms with E-state index in [4.69, 9.17) is 0 Å². The molecular formula is C11H6F10O. The Hall–Kier alpha value is -1.52. The SMILES string of the molecule is OC(c1cccc(F)c1)C(C(F)(F)F)(C(F)(F)F)C(F)(F)F. The number of rotatable bonds is 2. The molecule has 1 atom stereocenters. The first-order chi connectivity index (χ1) is 9.66. The highest BCUT2D eigenvalue weighted by Crippen LogP contribution is 2.64. The Morgan fingerprint density at radius 1 is 0.773 bits per heavy atom. The van der Waals surface area contributed by atoms with Crippen LogP contribution < -0.4 is 0 Å². The molecule has 0 heterocycles. The highest BCUT2D eigenvalue weighted by Gasteiger charge is 2.86. The first-order valence-corrected chi connectivity index (χ1v) is 5.30. The molecule has 1 aromatic rings. The average molecular weight is 344 g/mol. The molecule has 0 spiro atoms. The molecule has 1 unspecified atom stereocenters. The number of aliphatic hydroxyl groups excluding tert-OH is 1. The van der Waals surface area contributed by atoms with Crippen LogP contribution in [0.3, 0.4) is 0 Å². The van der Waals surface area contributed by atoms with Crippen LogP contribution in [0.4, 0.5) is 43.9 Å². The lowest BCUT2D eigenvalue weighted by Gasteiger charge is -2.41. The van der Waals surface area contributed by atoms with Gasteiger partial charge in [-0.2, -0.15) is 39.5 Å². The molecule has 0 amide bonds. The summed E-state index contributed by atoms with van der Waals surface area (Å²) in [6.07, 6.45) is -24.9. The van der Waals surface area contributed by atoms with Crippen LogP contribution in [-0.4, -0.2) is 23.6 Å². The standard InChI is InChI=1S/C11H6F10O/c12-6-3-1-2-5(4-6)7(22)8(9(13,14)15,10(16,17)18)11(19,20)21/h1-4,7,22H. The van der Waals surface area contributed by atoms with Crippen molar-refractivity contribution in [1.29, 1.82) is 0 Å². The summed E-state index contributed by atoms with van der Waals surface area (Å²) in [6, 6.07) is 1.43. The van der Waals surface area contributed by atoms with Crippen molar-refractivity contribution in [3.05, 3.63) is 35.6 Å². The van der Waals surface area contributed by atoms with Crippen molar-refractivity contribution in [2.24, 2.45) is 5.41 Å². The quantitative estimate of drug-likeness (QED) is 0.782. The molecular weight excluding hydrogens is 338 g/mol. The summed E-state index contributed by atoms with van der Waals surface area (Å²) < 4.78 is 127. The summed E-state index contributed by atoms with van der Waals surface area (Å²) in [6.45, 7) is 0. The molecule has 0 aromatic heterocycles. The summed E-state index contributed by atoms with van der Waals surface area (Å²) >= 11 is 0. The van der Waals surface area contributed by atoms with E-state index in [1.54, 1.807) is 0 Å². The molecule has 1 rings (SSSR count). The second-order valence-corrected chi connectivity index (χ2v) is 4.26. The Kier molecular flexibility index (Phi) is 4.45. The number of hydrogen-bond acceptors (Lipinski definition) is 1. The van der Waals surface area contributed by atoms with Gasteiger partial charge in [0.05, 0.1) is 0 Å². The molecule has 0 aliphatic heterocycles. The molecule has 0 saturated carbocycles. The summed E-state index contributed by atoms with van der Waals surface area (Å²) in [4.78, 5) is 0. The van der Waals surface area contributed by atoms with Crippen LogP contribution in [0.15, 0.2) is 24.3 Å². The van der Waals surface area contributed by atoms with Gasteiger partial charge in [-0.3, -0.25) is 0 Å². The van der Waals surface area contributed by atoms with E-state index in [-0.39, 0.29) is 6.07 Å². The van der Waals surface area contributed by atoms with E-state index in [9.17, 15) is 49.0 Å². The minimum Gasteiger partial charge on any atom is -0.387 e. The molecule has 0 fully saturated rings. The number of alkyl halides is 9. The Morgan fingerprint density at radius 2 is 1.18 bits per heavy atom. The van der Waals surface area contributed by atoms with Crippen molar-refractivity contribution in [2.45, 2.75) is 24.6 Å². The number of halogens is 10. The zero-order valence-electron chi connectivity index (χ0n) is 10.1. The van der Waals surface area contributed by atoms with Crippen LogP contribution >= 0.6 is 0 Å². The number of benzene rings is 1. The van der Waals surface area contributed by atoms with Gasteiger partial charge in [0.1, 0.15) is 11.9 Å². The van der Waals surface area contributed by atoms with Gasteiger partial charge >= 0.3 is 18.5 Å². The molecule has 0 bridgehead atoms. The summed E-state index contributed by atoms with van der Waals surface area (Å²) in [5.74, 6) is -1.41. The fraction of sp³-hybridized carbons (Fsp3) is 0.455. The van der Waals surface area contributed by atoms with E-state index in [0.29, 0.717) is 18.2 Å². The van der Waals surface area contributed by atoms with Gasteiger partial charge in [0, 0.05) is 0 Å². The fourth-order valence-corrected chi connectivity index (χ4v) is 1.87. The minimum absolute atomic E-state index is 0.0391. The topological polar surface area (TPSA) is 20.2 Å². The van der Waals surface area contributed by atoms with Crippen molar-refractivity contribution in [3.8, 4) is 0 Å². The third kappa shape index (κ3) is 2.73. The Balaban J connectivity index is 3.71. The van der Waals surface area contributed by atoms with Gasteiger partial charge in [0.15, 0.2) is 0 Å². The zero-order valence-corrected chi connectivity index (χ0v) is 10.1. The number of hydrogen-bond donors (Lipinski definition) is 1. The van der Waals surface area contributed by atoms with Crippen molar-refractivity contribution >= 4 is 0 Å². The van der Waals surface area contributed by atoms with E-state index in [2.05, 4.69) is 0 Å². The molecule has 0 radical (unpaired) electrons. The predicted octanol–water partition coefficient (Wildman–Crippen LogP) is 4.53. The summed E-state index contributed by atoms with van der Waals surface area (Å²) in [5, 5.41) is 9.24. The van der Waals surface area contributed by atoms with E-state index in [1.807, 2.05) is 0 Å². The molecule has 1 N–H and O–H groups in total. The first kappa shape index (κ1) is 18.5. The van der Waals surface area contributed by atoms with Gasteiger partial charge in [0.2, 0.25) is 0 Å². The molecule has 22 heavy (non-hydrogen) atoms. The maximum atomic E-state index is 12.9. The zero-order chi connectivity index (χ0) is 17.6. The van der Waals surface area contributed by atoms with E-state index >= 15 is 0 Å². The molecule has 1 nitrogen and oxygen atoms in total. The molecule has 0 saturated heterocycles. The number of aliphatic hydroxyl groups is 1. The van der Waals surface area contributed by atoms with Crippen LogP contribution in [-0.2, 0) is 0 Å². The van der Waals surface area contributed by atoms with Gasteiger partial charge in [-0.15, -0.1) is 0 Å². The maximum absolute atomic E-state index is 12.9. The monoisotopic (exact) mass is 344 g/mol. The largest absolute Gasteiger partial charge is 0.415 e. The Morgan fingerprint density at radius 3 is 1.50 bits per heavy atom. The van der Waals surface area contributed by atoms with Crippen LogP contribution in [0.25, 0.3) is 0 Å². The van der Waals surface area contributed by atoms with E-state index in [0.717, 1.165) is 0 Å². The third-order valence-electron chi connectivity index (χ3n) is 2.92. The summed E-state index contributed by atoms with van der Waals surface area (Å²) in [7, 11) is 0. The normalized spacial score (nSPS) is 15.8. The van der Waals surface area contributed by atoms with Gasteiger partial charge < -0.3 is 5.11 Å². The van der Waals surface area contributed by atoms with Crippen molar-refractivity contribution in [2.75, 3.05) is 0 Å². The van der Waals surface area contributed by atoms with Crippen molar-refractivity contribution < 1.29 is 49.0 Å². The third-order valence-corrected chi connectivity index (χ3v) is 2.92. The molecule has 0 aliphatic rings. The van der Waals surface area contributed by atoms with Gasteiger partial charge in [0.25, 0.3) is 5.41 Å². The van der Waals surface area contributed by atoms with Gasteiger partial charge in [-0.1, -0.05) is 12.1 Å². The molecule has 126 valence electrons.